The Balaban J connectivity index is 1.98. The molecule has 0 saturated carbocycles. The fraction of sp³-hybridized carbons (Fsp3) is 0.571. The molecule has 110 valence electrons. The number of ether oxygens (including phenoxy) is 1. The third kappa shape index (κ3) is 4.01. The van der Waals surface area contributed by atoms with Crippen molar-refractivity contribution in [2.24, 2.45) is 5.92 Å². The summed E-state index contributed by atoms with van der Waals surface area (Å²) in [6.45, 7) is 3.34. The summed E-state index contributed by atoms with van der Waals surface area (Å²) in [5, 5.41) is 10.9. The molecule has 0 bridgehead atoms. The van der Waals surface area contributed by atoms with E-state index in [0.717, 1.165) is 31.7 Å². The minimum atomic E-state index is -0.359. The number of hydrogen-bond acceptors (Lipinski definition) is 4. The van der Waals surface area contributed by atoms with Gasteiger partial charge in [0.2, 0.25) is 0 Å². The van der Waals surface area contributed by atoms with Gasteiger partial charge in [0.15, 0.2) is 0 Å². The average Bonchev–Trinajstić information content (AvgIpc) is 2.42. The van der Waals surface area contributed by atoms with E-state index in [1.165, 1.54) is 12.5 Å². The number of benzene rings is 1. The summed E-state index contributed by atoms with van der Waals surface area (Å²) in [5.74, 6) is 0.561. The van der Waals surface area contributed by atoms with Gasteiger partial charge in [-0.2, -0.15) is 0 Å². The highest BCUT2D eigenvalue weighted by molar-refractivity contribution is 9.10. The van der Waals surface area contributed by atoms with Crippen molar-refractivity contribution in [3.63, 3.8) is 0 Å². The third-order valence-corrected chi connectivity index (χ3v) is 4.44. The van der Waals surface area contributed by atoms with Crippen LogP contribution in [0.3, 0.4) is 0 Å². The molecule has 0 spiro atoms. The molecule has 1 aromatic rings. The first-order chi connectivity index (χ1) is 9.58. The molecular weight excluding hydrogens is 324 g/mol. The van der Waals surface area contributed by atoms with Gasteiger partial charge < -0.3 is 9.64 Å². The zero-order valence-electron chi connectivity index (χ0n) is 11.5. The van der Waals surface area contributed by atoms with Gasteiger partial charge in [-0.25, -0.2) is 0 Å². The Morgan fingerprint density at radius 1 is 1.55 bits per heavy atom. The Morgan fingerprint density at radius 3 is 3.00 bits per heavy atom. The lowest BCUT2D eigenvalue weighted by Gasteiger charge is -2.27. The molecule has 1 unspecified atom stereocenters. The Labute approximate surface area is 127 Å². The van der Waals surface area contributed by atoms with Crippen LogP contribution in [0.5, 0.6) is 0 Å². The molecule has 1 saturated heterocycles. The standard InChI is InChI=1S/C14H19BrN2O3/c1-16(8-11-4-3-7-20-10-11)9-12-5-2-6-13(14(12)15)17(18)19/h2,5-6,11H,3-4,7-10H2,1H3. The summed E-state index contributed by atoms with van der Waals surface area (Å²) in [5.41, 5.74) is 1.07. The van der Waals surface area contributed by atoms with Crippen LogP contribution in [0.1, 0.15) is 18.4 Å². The molecule has 20 heavy (non-hydrogen) atoms. The van der Waals surface area contributed by atoms with E-state index in [-0.39, 0.29) is 10.6 Å². The zero-order valence-corrected chi connectivity index (χ0v) is 13.1. The van der Waals surface area contributed by atoms with Gasteiger partial charge in [-0.3, -0.25) is 10.1 Å². The van der Waals surface area contributed by atoms with Crippen molar-refractivity contribution < 1.29 is 9.66 Å². The van der Waals surface area contributed by atoms with Gasteiger partial charge in [-0.15, -0.1) is 0 Å². The first kappa shape index (κ1) is 15.4. The fourth-order valence-corrected chi connectivity index (χ4v) is 3.11. The van der Waals surface area contributed by atoms with Crippen LogP contribution in [0.25, 0.3) is 0 Å². The molecule has 1 heterocycles. The predicted octanol–water partition coefficient (Wildman–Crippen LogP) is 3.22. The molecular formula is C14H19BrN2O3. The average molecular weight is 343 g/mol. The summed E-state index contributed by atoms with van der Waals surface area (Å²) in [6, 6.07) is 5.17. The van der Waals surface area contributed by atoms with E-state index in [1.54, 1.807) is 6.07 Å². The minimum Gasteiger partial charge on any atom is -0.381 e. The van der Waals surface area contributed by atoms with E-state index in [9.17, 15) is 10.1 Å². The summed E-state index contributed by atoms with van der Waals surface area (Å²) < 4.78 is 6.06. The van der Waals surface area contributed by atoms with Crippen LogP contribution in [-0.4, -0.2) is 36.6 Å². The summed E-state index contributed by atoms with van der Waals surface area (Å²) in [7, 11) is 2.04. The Hall–Kier alpha value is -0.980. The van der Waals surface area contributed by atoms with Crippen molar-refractivity contribution in [2.45, 2.75) is 19.4 Å². The van der Waals surface area contributed by atoms with E-state index in [1.807, 2.05) is 13.1 Å². The summed E-state index contributed by atoms with van der Waals surface area (Å²) >= 11 is 3.34. The van der Waals surface area contributed by atoms with Crippen molar-refractivity contribution in [3.05, 3.63) is 38.3 Å². The number of rotatable bonds is 5. The van der Waals surface area contributed by atoms with Crippen LogP contribution in [-0.2, 0) is 11.3 Å². The number of nitro groups is 1. The van der Waals surface area contributed by atoms with Gasteiger partial charge in [-0.1, -0.05) is 12.1 Å². The van der Waals surface area contributed by atoms with Crippen molar-refractivity contribution in [1.82, 2.24) is 4.90 Å². The largest absolute Gasteiger partial charge is 0.381 e. The SMILES string of the molecule is CN(Cc1cccc([N+](=O)[O-])c1Br)CC1CCCOC1. The van der Waals surface area contributed by atoms with E-state index >= 15 is 0 Å². The van der Waals surface area contributed by atoms with Gasteiger partial charge in [0.25, 0.3) is 5.69 Å². The highest BCUT2D eigenvalue weighted by atomic mass is 79.9. The van der Waals surface area contributed by atoms with Crippen LogP contribution >= 0.6 is 15.9 Å². The normalized spacial score (nSPS) is 19.2. The molecule has 0 aliphatic carbocycles. The summed E-state index contributed by atoms with van der Waals surface area (Å²) in [6.07, 6.45) is 2.32. The van der Waals surface area contributed by atoms with Crippen molar-refractivity contribution in [1.29, 1.82) is 0 Å². The highest BCUT2D eigenvalue weighted by Gasteiger charge is 2.19. The summed E-state index contributed by atoms with van der Waals surface area (Å²) in [4.78, 5) is 12.8. The number of nitro benzene ring substituents is 1. The Bertz CT molecular complexity index is 475. The number of nitrogens with zero attached hydrogens (tertiary/aromatic N) is 2. The second-order valence-electron chi connectivity index (χ2n) is 5.29. The molecule has 1 atom stereocenters. The monoisotopic (exact) mass is 342 g/mol. The van der Waals surface area contributed by atoms with Crippen LogP contribution in [0, 0.1) is 16.0 Å². The van der Waals surface area contributed by atoms with E-state index in [4.69, 9.17) is 4.74 Å². The smallest absolute Gasteiger partial charge is 0.283 e. The zero-order chi connectivity index (χ0) is 14.5. The lowest BCUT2D eigenvalue weighted by Crippen LogP contribution is -2.30. The molecule has 5 nitrogen and oxygen atoms in total. The maximum atomic E-state index is 10.9. The molecule has 0 aromatic heterocycles. The Kier molecular flexibility index (Phi) is 5.51. The first-order valence-corrected chi connectivity index (χ1v) is 7.55. The molecule has 1 aliphatic rings. The molecule has 2 rings (SSSR count). The van der Waals surface area contributed by atoms with Crippen LogP contribution in [0.15, 0.2) is 22.7 Å². The maximum Gasteiger partial charge on any atom is 0.283 e. The van der Waals surface area contributed by atoms with Gasteiger partial charge in [0.05, 0.1) is 16.0 Å². The highest BCUT2D eigenvalue weighted by Crippen LogP contribution is 2.29. The van der Waals surface area contributed by atoms with Gasteiger partial charge >= 0.3 is 0 Å². The topological polar surface area (TPSA) is 55.6 Å². The second kappa shape index (κ2) is 7.15. The van der Waals surface area contributed by atoms with Gasteiger partial charge in [-0.05, 0) is 47.3 Å². The van der Waals surface area contributed by atoms with Crippen molar-refractivity contribution in [3.8, 4) is 0 Å². The van der Waals surface area contributed by atoms with Crippen molar-refractivity contribution >= 4 is 21.6 Å². The van der Waals surface area contributed by atoms with Gasteiger partial charge in [0, 0.05) is 25.8 Å². The fourth-order valence-electron chi connectivity index (χ4n) is 2.58. The lowest BCUT2D eigenvalue weighted by molar-refractivity contribution is -0.385. The molecule has 6 heteroatoms. The predicted molar refractivity (Wildman–Crippen MR) is 80.7 cm³/mol. The Morgan fingerprint density at radius 2 is 2.35 bits per heavy atom. The van der Waals surface area contributed by atoms with Crippen LogP contribution in [0.2, 0.25) is 0 Å². The number of hydrogen-bond donors (Lipinski definition) is 0. The minimum absolute atomic E-state index is 0.122. The van der Waals surface area contributed by atoms with E-state index in [0.29, 0.717) is 16.9 Å². The van der Waals surface area contributed by atoms with E-state index < -0.39 is 0 Å². The molecule has 0 N–H and O–H groups in total. The lowest BCUT2D eigenvalue weighted by atomic mass is 10.0. The third-order valence-electron chi connectivity index (χ3n) is 3.52. The molecule has 0 amide bonds. The second-order valence-corrected chi connectivity index (χ2v) is 6.08. The quantitative estimate of drug-likeness (QED) is 0.609. The van der Waals surface area contributed by atoms with Crippen LogP contribution in [0.4, 0.5) is 5.69 Å². The maximum absolute atomic E-state index is 10.9. The van der Waals surface area contributed by atoms with E-state index in [2.05, 4.69) is 20.8 Å². The van der Waals surface area contributed by atoms with Gasteiger partial charge in [0.1, 0.15) is 0 Å². The van der Waals surface area contributed by atoms with Crippen molar-refractivity contribution in [2.75, 3.05) is 26.8 Å². The molecule has 1 aromatic carbocycles. The molecule has 0 radical (unpaired) electrons. The molecule has 1 fully saturated rings. The first-order valence-electron chi connectivity index (χ1n) is 6.76. The number of halogens is 1. The molecule has 1 aliphatic heterocycles. The van der Waals surface area contributed by atoms with Crippen LogP contribution < -0.4 is 0 Å².